The van der Waals surface area contributed by atoms with Gasteiger partial charge in [0.1, 0.15) is 6.04 Å². The second-order valence-electron chi connectivity index (χ2n) is 3.66. The molecule has 1 fully saturated rings. The highest BCUT2D eigenvalue weighted by molar-refractivity contribution is 7.10. The summed E-state index contributed by atoms with van der Waals surface area (Å²) in [6.45, 7) is 1.78. The Morgan fingerprint density at radius 3 is 2.86 bits per heavy atom. The maximum atomic E-state index is 11.9. The summed E-state index contributed by atoms with van der Waals surface area (Å²) in [5, 5.41) is 2.02. The maximum Gasteiger partial charge on any atom is 0.245 e. The molecule has 1 unspecified atom stereocenters. The number of nitrogens with zero attached hydrogens (tertiary/aromatic N) is 2. The third-order valence-electron chi connectivity index (χ3n) is 2.65. The molecule has 2 rings (SSSR count). The molecule has 1 aromatic rings. The first-order chi connectivity index (χ1) is 6.70. The number of likely N-dealkylation sites (N-methyl/N-ethyl adjacent to an activating group) is 2. The van der Waals surface area contributed by atoms with E-state index in [4.69, 9.17) is 0 Å². The Labute approximate surface area is 87.9 Å². The average molecular weight is 210 g/mol. The molecule has 1 atom stereocenters. The number of hydrogen-bond acceptors (Lipinski definition) is 3. The smallest absolute Gasteiger partial charge is 0.245 e. The van der Waals surface area contributed by atoms with E-state index in [1.807, 2.05) is 36.5 Å². The number of carbonyl (C=O) groups is 1. The minimum absolute atomic E-state index is 0.0613. The van der Waals surface area contributed by atoms with Gasteiger partial charge >= 0.3 is 0 Å². The molecular weight excluding hydrogens is 196 g/mol. The lowest BCUT2D eigenvalue weighted by Crippen LogP contribution is -2.48. The Morgan fingerprint density at radius 1 is 1.43 bits per heavy atom. The molecule has 1 aliphatic rings. The van der Waals surface area contributed by atoms with Crippen LogP contribution in [0.4, 0.5) is 0 Å². The first-order valence-electron chi connectivity index (χ1n) is 4.69. The molecule has 76 valence electrons. The highest BCUT2D eigenvalue weighted by atomic mass is 32.1. The highest BCUT2D eigenvalue weighted by Crippen LogP contribution is 2.27. The van der Waals surface area contributed by atoms with Crippen molar-refractivity contribution in [2.45, 2.75) is 6.04 Å². The highest BCUT2D eigenvalue weighted by Gasteiger charge is 2.32. The summed E-state index contributed by atoms with van der Waals surface area (Å²) in [6.07, 6.45) is 0. The van der Waals surface area contributed by atoms with E-state index in [-0.39, 0.29) is 11.9 Å². The van der Waals surface area contributed by atoms with Gasteiger partial charge in [-0.15, -0.1) is 11.3 Å². The van der Waals surface area contributed by atoms with Crippen LogP contribution < -0.4 is 0 Å². The summed E-state index contributed by atoms with van der Waals surface area (Å²) in [5.41, 5.74) is 0. The van der Waals surface area contributed by atoms with E-state index in [9.17, 15) is 4.79 Å². The normalized spacial score (nSPS) is 24.3. The fourth-order valence-electron chi connectivity index (χ4n) is 1.73. The number of carbonyl (C=O) groups excluding carboxylic acids is 1. The molecule has 1 aromatic heterocycles. The van der Waals surface area contributed by atoms with Gasteiger partial charge in [-0.25, -0.2) is 0 Å². The van der Waals surface area contributed by atoms with Gasteiger partial charge in [-0.2, -0.15) is 0 Å². The summed E-state index contributed by atoms with van der Waals surface area (Å²) in [6, 6.07) is 3.97. The minimum atomic E-state index is -0.0613. The van der Waals surface area contributed by atoms with Crippen molar-refractivity contribution in [3.63, 3.8) is 0 Å². The fraction of sp³-hybridized carbons (Fsp3) is 0.500. The molecule has 0 spiro atoms. The van der Waals surface area contributed by atoms with Crippen molar-refractivity contribution in [3.8, 4) is 0 Å². The van der Waals surface area contributed by atoms with Gasteiger partial charge in [0.15, 0.2) is 0 Å². The molecular formula is C10H14N2OS. The van der Waals surface area contributed by atoms with E-state index in [0.717, 1.165) is 18.0 Å². The van der Waals surface area contributed by atoms with Crippen LogP contribution in [0.1, 0.15) is 10.9 Å². The standard InChI is InChI=1S/C10H14N2OS/c1-11-5-6-12(2)10(13)9(11)8-4-3-7-14-8/h3-4,7,9H,5-6H2,1-2H3. The number of amides is 1. The Balaban J connectivity index is 2.27. The van der Waals surface area contributed by atoms with Crippen LogP contribution >= 0.6 is 11.3 Å². The molecule has 4 heteroatoms. The second-order valence-corrected chi connectivity index (χ2v) is 4.64. The van der Waals surface area contributed by atoms with Crippen LogP contribution in [0, 0.1) is 0 Å². The van der Waals surface area contributed by atoms with Crippen LogP contribution in [0.25, 0.3) is 0 Å². The zero-order valence-corrected chi connectivity index (χ0v) is 9.25. The number of rotatable bonds is 1. The van der Waals surface area contributed by atoms with Gasteiger partial charge in [-0.3, -0.25) is 9.69 Å². The lowest BCUT2D eigenvalue weighted by atomic mass is 10.1. The Morgan fingerprint density at radius 2 is 2.21 bits per heavy atom. The first kappa shape index (κ1) is 9.68. The van der Waals surface area contributed by atoms with Crippen molar-refractivity contribution in [1.29, 1.82) is 0 Å². The maximum absolute atomic E-state index is 11.9. The molecule has 14 heavy (non-hydrogen) atoms. The Hall–Kier alpha value is -0.870. The van der Waals surface area contributed by atoms with Gasteiger partial charge in [-0.1, -0.05) is 6.07 Å². The minimum Gasteiger partial charge on any atom is -0.343 e. The first-order valence-corrected chi connectivity index (χ1v) is 5.56. The van der Waals surface area contributed by atoms with Gasteiger partial charge in [-0.05, 0) is 18.5 Å². The molecule has 0 aromatic carbocycles. The molecule has 1 aliphatic heterocycles. The Bertz CT molecular complexity index is 323. The van der Waals surface area contributed by atoms with Crippen LogP contribution in [0.15, 0.2) is 17.5 Å². The van der Waals surface area contributed by atoms with Crippen molar-refractivity contribution in [3.05, 3.63) is 22.4 Å². The van der Waals surface area contributed by atoms with E-state index >= 15 is 0 Å². The topological polar surface area (TPSA) is 23.6 Å². The summed E-state index contributed by atoms with van der Waals surface area (Å²) in [4.78, 5) is 17.0. The summed E-state index contributed by atoms with van der Waals surface area (Å²) in [7, 11) is 3.88. The second kappa shape index (κ2) is 3.71. The molecule has 1 amide bonds. The Kier molecular flexibility index (Phi) is 2.56. The molecule has 0 radical (unpaired) electrons. The van der Waals surface area contributed by atoms with Crippen molar-refractivity contribution < 1.29 is 4.79 Å². The lowest BCUT2D eigenvalue weighted by Gasteiger charge is -2.36. The van der Waals surface area contributed by atoms with Gasteiger partial charge in [0, 0.05) is 25.0 Å². The zero-order chi connectivity index (χ0) is 10.1. The predicted molar refractivity (Wildman–Crippen MR) is 57.3 cm³/mol. The fourth-order valence-corrected chi connectivity index (χ4v) is 2.61. The molecule has 1 saturated heterocycles. The lowest BCUT2D eigenvalue weighted by molar-refractivity contribution is -0.139. The molecule has 0 saturated carbocycles. The molecule has 0 bridgehead atoms. The van der Waals surface area contributed by atoms with Crippen LogP contribution in [-0.2, 0) is 4.79 Å². The quantitative estimate of drug-likeness (QED) is 0.695. The van der Waals surface area contributed by atoms with Crippen LogP contribution in [0.2, 0.25) is 0 Å². The molecule has 0 N–H and O–H groups in total. The monoisotopic (exact) mass is 210 g/mol. The van der Waals surface area contributed by atoms with E-state index in [0.29, 0.717) is 0 Å². The van der Waals surface area contributed by atoms with E-state index < -0.39 is 0 Å². The van der Waals surface area contributed by atoms with Gasteiger partial charge in [0.2, 0.25) is 5.91 Å². The SMILES string of the molecule is CN1CCN(C)C(c2cccs2)C1=O. The molecule has 0 aliphatic carbocycles. The van der Waals surface area contributed by atoms with Gasteiger partial charge in [0.25, 0.3) is 0 Å². The van der Waals surface area contributed by atoms with Gasteiger partial charge < -0.3 is 4.90 Å². The van der Waals surface area contributed by atoms with Crippen LogP contribution in [0.3, 0.4) is 0 Å². The number of hydrogen-bond donors (Lipinski definition) is 0. The van der Waals surface area contributed by atoms with Crippen LogP contribution in [-0.4, -0.2) is 42.9 Å². The summed E-state index contributed by atoms with van der Waals surface area (Å²) < 4.78 is 0. The molecule has 3 nitrogen and oxygen atoms in total. The number of piperazine rings is 1. The average Bonchev–Trinajstić information content (AvgIpc) is 2.65. The van der Waals surface area contributed by atoms with E-state index in [1.165, 1.54) is 0 Å². The number of thiophene rings is 1. The third-order valence-corrected chi connectivity index (χ3v) is 3.58. The zero-order valence-electron chi connectivity index (χ0n) is 8.43. The largest absolute Gasteiger partial charge is 0.343 e. The third kappa shape index (κ3) is 1.55. The summed E-state index contributed by atoms with van der Waals surface area (Å²) in [5.74, 6) is 0.209. The van der Waals surface area contributed by atoms with E-state index in [1.54, 1.807) is 11.3 Å². The summed E-state index contributed by atoms with van der Waals surface area (Å²) >= 11 is 1.65. The van der Waals surface area contributed by atoms with Crippen molar-refractivity contribution in [1.82, 2.24) is 9.80 Å². The van der Waals surface area contributed by atoms with Crippen molar-refractivity contribution in [2.24, 2.45) is 0 Å². The predicted octanol–water partition coefficient (Wildman–Crippen LogP) is 1.19. The van der Waals surface area contributed by atoms with Crippen molar-refractivity contribution in [2.75, 3.05) is 27.2 Å². The van der Waals surface area contributed by atoms with Crippen molar-refractivity contribution >= 4 is 17.2 Å². The van der Waals surface area contributed by atoms with Gasteiger partial charge in [0.05, 0.1) is 0 Å². The van der Waals surface area contributed by atoms with E-state index in [2.05, 4.69) is 4.90 Å². The van der Waals surface area contributed by atoms with Crippen LogP contribution in [0.5, 0.6) is 0 Å². The molecule has 2 heterocycles.